The van der Waals surface area contributed by atoms with Gasteiger partial charge in [0, 0.05) is 35.5 Å². The third-order valence-corrected chi connectivity index (χ3v) is 13.3. The smallest absolute Gasteiger partial charge is 0.411 e. The summed E-state index contributed by atoms with van der Waals surface area (Å²) in [6, 6.07) is 4.12. The van der Waals surface area contributed by atoms with Crippen molar-refractivity contribution in [3.05, 3.63) is 47.0 Å². The van der Waals surface area contributed by atoms with Crippen molar-refractivity contribution in [1.82, 2.24) is 25.2 Å². The number of anilines is 1. The number of allylic oxidation sites excluding steroid dienone is 1. The molecule has 49 heavy (non-hydrogen) atoms. The highest BCUT2D eigenvalue weighted by atomic mass is 32.2. The SMILES string of the molecule is CCc1cnc(-c2ccc(C)cc2NC(=O)O[C@@H]2C[C@H]3C(=O)N[C@]4(C(=O)NS(=O)(=O)C5(C)CC5)C[C@H]4C=CCCCCCNC(=O)N3C2)s1. The summed E-state index contributed by atoms with van der Waals surface area (Å²) in [6.07, 6.45) is 9.30. The molecule has 1 aromatic carbocycles. The molecule has 0 spiro atoms. The van der Waals surface area contributed by atoms with Crippen molar-refractivity contribution in [3.63, 3.8) is 0 Å². The Kier molecular flexibility index (Phi) is 9.77. The van der Waals surface area contributed by atoms with Crippen molar-refractivity contribution in [2.75, 3.05) is 18.4 Å². The number of rotatable bonds is 7. The van der Waals surface area contributed by atoms with Crippen LogP contribution >= 0.6 is 11.3 Å². The minimum Gasteiger partial charge on any atom is -0.444 e. The van der Waals surface area contributed by atoms with Crippen LogP contribution in [0.5, 0.6) is 0 Å². The van der Waals surface area contributed by atoms with Crippen LogP contribution in [-0.4, -0.2) is 77.8 Å². The van der Waals surface area contributed by atoms with Gasteiger partial charge in [0.25, 0.3) is 5.91 Å². The van der Waals surface area contributed by atoms with Crippen LogP contribution in [0.4, 0.5) is 15.3 Å². The average molecular weight is 713 g/mol. The maximum Gasteiger partial charge on any atom is 0.411 e. The number of ether oxygens (including phenoxy) is 1. The first-order valence-electron chi connectivity index (χ1n) is 17.0. The molecule has 2 aliphatic heterocycles. The molecule has 4 atom stereocenters. The molecule has 2 aliphatic carbocycles. The zero-order valence-corrected chi connectivity index (χ0v) is 29.7. The molecule has 2 aromatic rings. The van der Waals surface area contributed by atoms with Crippen molar-refractivity contribution < 1.29 is 32.3 Å². The van der Waals surface area contributed by atoms with Crippen molar-refractivity contribution in [3.8, 4) is 10.6 Å². The lowest BCUT2D eigenvalue weighted by Gasteiger charge is -2.27. The van der Waals surface area contributed by atoms with Gasteiger partial charge >= 0.3 is 12.1 Å². The molecule has 4 N–H and O–H groups in total. The molecule has 1 saturated heterocycles. The molecular formula is C34H44N6O7S2. The quantitative estimate of drug-likeness (QED) is 0.306. The average Bonchev–Trinajstić information content (AvgIpc) is 3.83. The van der Waals surface area contributed by atoms with Crippen LogP contribution in [0, 0.1) is 12.8 Å². The fourth-order valence-corrected chi connectivity index (χ4v) is 8.58. The van der Waals surface area contributed by atoms with E-state index in [1.54, 1.807) is 18.3 Å². The number of aryl methyl sites for hydroxylation is 2. The van der Waals surface area contributed by atoms with E-state index in [9.17, 15) is 27.6 Å². The Morgan fingerprint density at radius 2 is 1.98 bits per heavy atom. The zero-order chi connectivity index (χ0) is 35.0. The van der Waals surface area contributed by atoms with E-state index < -0.39 is 62.3 Å². The predicted octanol–water partition coefficient (Wildman–Crippen LogP) is 4.39. The van der Waals surface area contributed by atoms with E-state index in [1.165, 1.54) is 4.90 Å². The predicted molar refractivity (Wildman–Crippen MR) is 185 cm³/mol. The van der Waals surface area contributed by atoms with Crippen molar-refractivity contribution in [2.45, 2.75) is 101 Å². The number of urea groups is 1. The first-order chi connectivity index (χ1) is 23.3. The Bertz CT molecular complexity index is 1770. The minimum atomic E-state index is -3.95. The third kappa shape index (κ3) is 7.47. The lowest BCUT2D eigenvalue weighted by atomic mass is 10.1. The molecule has 6 rings (SSSR count). The molecule has 3 heterocycles. The zero-order valence-electron chi connectivity index (χ0n) is 28.0. The number of thiazole rings is 1. The second kappa shape index (κ2) is 13.7. The van der Waals surface area contributed by atoms with Crippen LogP contribution in [0.2, 0.25) is 0 Å². The standard InChI is InChI=1S/C34H44N6O7S2/c1-4-24-19-36-29(48-24)25-12-11-21(2)16-26(25)37-32(44)47-23-17-27-28(41)38-34(30(42)39-49(45,46)33(3)13-14-33)18-22(34)10-8-6-5-7-9-15-35-31(43)40(27)20-23/h8,10-12,16,19,22-23,27H,4-7,9,13-15,17-18,20H2,1-3H3,(H,35,43)(H,37,44)(H,38,41)(H,39,42)/t22-,23-,27+,34-/m1/s1. The van der Waals surface area contributed by atoms with Gasteiger partial charge in [0.05, 0.1) is 17.0 Å². The van der Waals surface area contributed by atoms with Crippen LogP contribution in [-0.2, 0) is 30.8 Å². The molecule has 13 nitrogen and oxygen atoms in total. The summed E-state index contributed by atoms with van der Waals surface area (Å²) in [4.78, 5) is 61.1. The summed E-state index contributed by atoms with van der Waals surface area (Å²) in [6.45, 7) is 5.92. The number of fused-ring (bicyclic) bond motifs is 2. The number of amides is 5. The van der Waals surface area contributed by atoms with E-state index in [0.717, 1.165) is 53.1 Å². The summed E-state index contributed by atoms with van der Waals surface area (Å²) >= 11 is 1.54. The molecule has 264 valence electrons. The van der Waals surface area contributed by atoms with Gasteiger partial charge in [-0.25, -0.2) is 23.0 Å². The summed E-state index contributed by atoms with van der Waals surface area (Å²) < 4.78 is 33.0. The largest absolute Gasteiger partial charge is 0.444 e. The molecule has 3 fully saturated rings. The topological polar surface area (TPSA) is 176 Å². The van der Waals surface area contributed by atoms with E-state index in [1.807, 2.05) is 50.4 Å². The Morgan fingerprint density at radius 3 is 2.71 bits per heavy atom. The molecule has 2 saturated carbocycles. The fraction of sp³-hybridized carbons (Fsp3) is 0.559. The van der Waals surface area contributed by atoms with Gasteiger partial charge in [0.2, 0.25) is 15.9 Å². The first kappa shape index (κ1) is 34.9. The van der Waals surface area contributed by atoms with Gasteiger partial charge in [-0.15, -0.1) is 11.3 Å². The van der Waals surface area contributed by atoms with Crippen LogP contribution in [0.15, 0.2) is 36.5 Å². The summed E-state index contributed by atoms with van der Waals surface area (Å²) in [7, 11) is -3.95. The van der Waals surface area contributed by atoms with Crippen LogP contribution < -0.4 is 20.7 Å². The first-order valence-corrected chi connectivity index (χ1v) is 19.3. The molecule has 0 radical (unpaired) electrons. The number of nitrogens with zero attached hydrogens (tertiary/aromatic N) is 2. The highest BCUT2D eigenvalue weighted by molar-refractivity contribution is 7.91. The Balaban J connectivity index is 1.19. The number of hydrogen-bond acceptors (Lipinski definition) is 9. The monoisotopic (exact) mass is 712 g/mol. The maximum atomic E-state index is 13.9. The highest BCUT2D eigenvalue weighted by Gasteiger charge is 2.63. The normalized spacial score (nSPS) is 26.6. The Labute approximate surface area is 290 Å². The summed E-state index contributed by atoms with van der Waals surface area (Å²) in [5.74, 6) is -1.80. The van der Waals surface area contributed by atoms with Gasteiger partial charge in [-0.05, 0) is 76.5 Å². The lowest BCUT2D eigenvalue weighted by Crippen LogP contribution is -2.57. The van der Waals surface area contributed by atoms with Crippen molar-refractivity contribution in [1.29, 1.82) is 0 Å². The second-order valence-corrected chi connectivity index (χ2v) is 17.1. The van der Waals surface area contributed by atoms with Gasteiger partial charge < -0.3 is 20.3 Å². The molecule has 4 aliphatic rings. The van der Waals surface area contributed by atoms with Gasteiger partial charge in [-0.1, -0.05) is 31.6 Å². The van der Waals surface area contributed by atoms with Gasteiger partial charge in [-0.2, -0.15) is 0 Å². The summed E-state index contributed by atoms with van der Waals surface area (Å²) in [5, 5.41) is 9.29. The molecule has 1 aromatic heterocycles. The van der Waals surface area contributed by atoms with Crippen LogP contribution in [0.25, 0.3) is 10.6 Å². The molecular weight excluding hydrogens is 669 g/mol. The van der Waals surface area contributed by atoms with E-state index >= 15 is 0 Å². The van der Waals surface area contributed by atoms with Crippen LogP contribution in [0.1, 0.15) is 75.7 Å². The van der Waals surface area contributed by atoms with Crippen LogP contribution in [0.3, 0.4) is 0 Å². The van der Waals surface area contributed by atoms with Gasteiger partial charge in [0.15, 0.2) is 0 Å². The molecule has 0 bridgehead atoms. The van der Waals surface area contributed by atoms with E-state index in [0.29, 0.717) is 25.1 Å². The Morgan fingerprint density at radius 1 is 1.18 bits per heavy atom. The molecule has 15 heteroatoms. The highest BCUT2D eigenvalue weighted by Crippen LogP contribution is 2.47. The maximum absolute atomic E-state index is 13.9. The number of carbonyl (C=O) groups is 4. The fourth-order valence-electron chi connectivity index (χ4n) is 6.38. The van der Waals surface area contributed by atoms with Crippen molar-refractivity contribution in [2.24, 2.45) is 5.92 Å². The number of sulfonamides is 1. The second-order valence-electron chi connectivity index (χ2n) is 13.8. The van der Waals surface area contributed by atoms with E-state index in [4.69, 9.17) is 4.74 Å². The lowest BCUT2D eigenvalue weighted by molar-refractivity contribution is -0.131. The number of hydrogen-bond donors (Lipinski definition) is 4. The number of nitrogens with one attached hydrogen (secondary N) is 4. The van der Waals surface area contributed by atoms with Gasteiger partial charge in [0.1, 0.15) is 22.7 Å². The minimum absolute atomic E-state index is 0.00569. The number of aromatic nitrogens is 1. The van der Waals surface area contributed by atoms with Gasteiger partial charge in [-0.3, -0.25) is 19.6 Å². The molecule has 5 amide bonds. The van der Waals surface area contributed by atoms with Crippen molar-refractivity contribution >= 4 is 51.0 Å². The van der Waals surface area contributed by atoms with E-state index in [-0.39, 0.29) is 19.4 Å². The summed E-state index contributed by atoms with van der Waals surface area (Å²) in [5.41, 5.74) is 0.733. The Hall–Kier alpha value is -3.98. The van der Waals surface area contributed by atoms with E-state index in [2.05, 4.69) is 25.7 Å². The molecule has 0 unspecified atom stereocenters. The third-order valence-electron chi connectivity index (χ3n) is 9.93. The number of carbonyl (C=O) groups excluding carboxylic acids is 4. The number of benzene rings is 1.